The van der Waals surface area contributed by atoms with Gasteiger partial charge in [0.1, 0.15) is 0 Å². The average molecular weight is 365 g/mol. The van der Waals surface area contributed by atoms with Crippen LogP contribution in [-0.2, 0) is 4.79 Å². The molecule has 0 bridgehead atoms. The number of thioether (sulfide) groups is 1. The Balaban J connectivity index is 1.70. The minimum Gasteiger partial charge on any atom is -0.338 e. The van der Waals surface area contributed by atoms with Crippen molar-refractivity contribution < 1.29 is 9.32 Å². The molecule has 3 rings (SSSR count). The van der Waals surface area contributed by atoms with Crippen molar-refractivity contribution >= 4 is 35.2 Å². The van der Waals surface area contributed by atoms with Gasteiger partial charge in [0.05, 0.1) is 16.6 Å². The lowest BCUT2D eigenvalue weighted by molar-refractivity contribution is -0.115. The number of tetrazole rings is 1. The van der Waals surface area contributed by atoms with Crippen molar-refractivity contribution in [2.45, 2.75) is 24.3 Å². The van der Waals surface area contributed by atoms with Crippen LogP contribution in [0.15, 0.2) is 40.0 Å². The third-order valence-corrected chi connectivity index (χ3v) is 4.32. The highest BCUT2D eigenvalue weighted by Gasteiger charge is 2.20. The molecule has 0 saturated carbocycles. The number of hydrogen-bond acceptors (Lipinski definition) is 7. The summed E-state index contributed by atoms with van der Waals surface area (Å²) in [7, 11) is 0. The molecule has 1 unspecified atom stereocenters. The molecule has 1 aromatic carbocycles. The zero-order chi connectivity index (χ0) is 17.1. The number of carbonyl (C=O) groups is 1. The molecule has 124 valence electrons. The summed E-state index contributed by atoms with van der Waals surface area (Å²) in [6.07, 6.45) is 0. The summed E-state index contributed by atoms with van der Waals surface area (Å²) >= 11 is 7.11. The second kappa shape index (κ2) is 7.02. The van der Waals surface area contributed by atoms with Gasteiger partial charge in [-0.3, -0.25) is 10.1 Å². The molecule has 8 nitrogen and oxygen atoms in total. The fourth-order valence-electron chi connectivity index (χ4n) is 1.85. The smallest absolute Gasteiger partial charge is 0.240 e. The molecular formula is C14H13ClN6O2S. The Kier molecular flexibility index (Phi) is 4.81. The molecule has 3 aromatic rings. The van der Waals surface area contributed by atoms with E-state index in [1.165, 1.54) is 11.8 Å². The number of nitrogens with zero attached hydrogens (tertiary/aromatic N) is 5. The summed E-state index contributed by atoms with van der Waals surface area (Å²) in [6, 6.07) is 8.73. The highest BCUT2D eigenvalue weighted by molar-refractivity contribution is 8.00. The summed E-state index contributed by atoms with van der Waals surface area (Å²) in [6.45, 7) is 3.53. The van der Waals surface area contributed by atoms with Crippen LogP contribution >= 0.6 is 23.4 Å². The van der Waals surface area contributed by atoms with Crippen molar-refractivity contribution in [2.24, 2.45) is 0 Å². The van der Waals surface area contributed by atoms with E-state index in [9.17, 15) is 4.79 Å². The SMILES string of the molecule is Cc1cc(NC(=O)C(C)Sc2nnnn2-c2ccc(Cl)cc2)on1. The van der Waals surface area contributed by atoms with Gasteiger partial charge < -0.3 is 4.52 Å². The monoisotopic (exact) mass is 364 g/mol. The summed E-state index contributed by atoms with van der Waals surface area (Å²) in [4.78, 5) is 12.2. The molecule has 0 aliphatic heterocycles. The van der Waals surface area contributed by atoms with Crippen LogP contribution in [0.5, 0.6) is 0 Å². The number of aryl methyl sites for hydroxylation is 1. The zero-order valence-electron chi connectivity index (χ0n) is 12.8. The van der Waals surface area contributed by atoms with Gasteiger partial charge in [0.15, 0.2) is 0 Å². The number of hydrogen-bond donors (Lipinski definition) is 1. The highest BCUT2D eigenvalue weighted by Crippen LogP contribution is 2.24. The Morgan fingerprint density at radius 2 is 2.12 bits per heavy atom. The van der Waals surface area contributed by atoms with Gasteiger partial charge in [-0.25, -0.2) is 0 Å². The Labute approximate surface area is 146 Å². The first kappa shape index (κ1) is 16.5. The second-order valence-electron chi connectivity index (χ2n) is 4.93. The number of aromatic nitrogens is 5. The Morgan fingerprint density at radius 3 is 2.79 bits per heavy atom. The van der Waals surface area contributed by atoms with E-state index in [1.807, 2.05) is 0 Å². The first-order valence-electron chi connectivity index (χ1n) is 6.98. The third-order valence-electron chi connectivity index (χ3n) is 3.04. The van der Waals surface area contributed by atoms with Crippen molar-refractivity contribution in [1.29, 1.82) is 0 Å². The van der Waals surface area contributed by atoms with Gasteiger partial charge in [-0.05, 0) is 48.5 Å². The average Bonchev–Trinajstić information content (AvgIpc) is 3.17. The quantitative estimate of drug-likeness (QED) is 0.695. The van der Waals surface area contributed by atoms with Gasteiger partial charge in [0.2, 0.25) is 16.9 Å². The normalized spacial score (nSPS) is 12.1. The van der Waals surface area contributed by atoms with E-state index in [-0.39, 0.29) is 5.91 Å². The van der Waals surface area contributed by atoms with Crippen molar-refractivity contribution in [2.75, 3.05) is 5.32 Å². The third kappa shape index (κ3) is 3.74. The number of amides is 1. The maximum absolute atomic E-state index is 12.2. The van der Waals surface area contributed by atoms with E-state index in [2.05, 4.69) is 26.0 Å². The molecule has 2 aromatic heterocycles. The summed E-state index contributed by atoms with van der Waals surface area (Å²) in [5.41, 5.74) is 1.45. The molecule has 10 heteroatoms. The number of benzene rings is 1. The lowest BCUT2D eigenvalue weighted by atomic mass is 10.3. The standard InChI is InChI=1S/C14H13ClN6O2S/c1-8-7-12(23-18-8)16-13(22)9(2)24-14-17-19-20-21(14)11-5-3-10(15)4-6-11/h3-7,9H,1-2H3,(H,16,22). The number of rotatable bonds is 5. The van der Waals surface area contributed by atoms with E-state index in [0.29, 0.717) is 21.8 Å². The van der Waals surface area contributed by atoms with Gasteiger partial charge >= 0.3 is 0 Å². The molecule has 0 saturated heterocycles. The molecule has 0 radical (unpaired) electrons. The Bertz CT molecular complexity index is 847. The number of nitrogens with one attached hydrogen (secondary N) is 1. The topological polar surface area (TPSA) is 98.7 Å². The minimum atomic E-state index is -0.438. The first-order chi connectivity index (χ1) is 11.5. The van der Waals surface area contributed by atoms with E-state index in [4.69, 9.17) is 16.1 Å². The predicted molar refractivity (Wildman–Crippen MR) is 89.4 cm³/mol. The molecule has 0 fully saturated rings. The Morgan fingerprint density at radius 1 is 1.38 bits per heavy atom. The molecular weight excluding hydrogens is 352 g/mol. The molecule has 0 aliphatic carbocycles. The summed E-state index contributed by atoms with van der Waals surface area (Å²) in [5, 5.41) is 18.6. The van der Waals surface area contributed by atoms with E-state index in [1.54, 1.807) is 48.9 Å². The highest BCUT2D eigenvalue weighted by atomic mass is 35.5. The second-order valence-corrected chi connectivity index (χ2v) is 6.68. The van der Waals surface area contributed by atoms with Gasteiger partial charge in [0.25, 0.3) is 0 Å². The van der Waals surface area contributed by atoms with Gasteiger partial charge in [-0.15, -0.1) is 5.10 Å². The first-order valence-corrected chi connectivity index (χ1v) is 8.24. The van der Waals surface area contributed by atoms with Gasteiger partial charge in [-0.2, -0.15) is 4.68 Å². The van der Waals surface area contributed by atoms with Crippen LogP contribution in [0.4, 0.5) is 5.88 Å². The van der Waals surface area contributed by atoms with Crippen LogP contribution in [0.25, 0.3) is 5.69 Å². The van der Waals surface area contributed by atoms with E-state index >= 15 is 0 Å². The summed E-state index contributed by atoms with van der Waals surface area (Å²) in [5.74, 6) is 0.0732. The van der Waals surface area contributed by atoms with Crippen molar-refractivity contribution in [1.82, 2.24) is 25.4 Å². The van der Waals surface area contributed by atoms with Crippen LogP contribution < -0.4 is 5.32 Å². The maximum Gasteiger partial charge on any atom is 0.240 e. The van der Waals surface area contributed by atoms with Crippen molar-refractivity contribution in [3.63, 3.8) is 0 Å². The minimum absolute atomic E-state index is 0.234. The van der Waals surface area contributed by atoms with Crippen LogP contribution in [0, 0.1) is 6.92 Å². The van der Waals surface area contributed by atoms with Crippen LogP contribution in [-0.4, -0.2) is 36.5 Å². The molecule has 1 amide bonds. The predicted octanol–water partition coefficient (Wildman–Crippen LogP) is 2.73. The van der Waals surface area contributed by atoms with Crippen molar-refractivity contribution in [3.05, 3.63) is 41.0 Å². The van der Waals surface area contributed by atoms with Gasteiger partial charge in [0, 0.05) is 11.1 Å². The van der Waals surface area contributed by atoms with Gasteiger partial charge in [-0.1, -0.05) is 28.5 Å². The zero-order valence-corrected chi connectivity index (χ0v) is 14.4. The fourth-order valence-corrected chi connectivity index (χ4v) is 2.79. The lowest BCUT2D eigenvalue weighted by Crippen LogP contribution is -2.22. The number of halogens is 1. The molecule has 1 atom stereocenters. The number of anilines is 1. The molecule has 0 aliphatic rings. The molecule has 2 heterocycles. The maximum atomic E-state index is 12.2. The largest absolute Gasteiger partial charge is 0.338 e. The van der Waals surface area contributed by atoms with E-state index < -0.39 is 5.25 Å². The fraction of sp³-hybridized carbons (Fsp3) is 0.214. The Hall–Kier alpha value is -2.39. The van der Waals surface area contributed by atoms with Crippen LogP contribution in [0.1, 0.15) is 12.6 Å². The number of carbonyl (C=O) groups excluding carboxylic acids is 1. The van der Waals surface area contributed by atoms with E-state index in [0.717, 1.165) is 5.69 Å². The van der Waals surface area contributed by atoms with Crippen LogP contribution in [0.3, 0.4) is 0 Å². The summed E-state index contributed by atoms with van der Waals surface area (Å²) < 4.78 is 6.52. The molecule has 0 spiro atoms. The van der Waals surface area contributed by atoms with Crippen molar-refractivity contribution in [3.8, 4) is 5.69 Å². The lowest BCUT2D eigenvalue weighted by Gasteiger charge is -2.10. The molecule has 1 N–H and O–H groups in total. The molecule has 24 heavy (non-hydrogen) atoms. The van der Waals surface area contributed by atoms with Crippen LogP contribution in [0.2, 0.25) is 5.02 Å².